The molecule has 0 N–H and O–H groups in total. The minimum Gasteiger partial charge on any atom is -0.462 e. The fraction of sp³-hybridized carbons (Fsp3) is 0.417. The second-order valence-corrected chi connectivity index (χ2v) is 5.77. The summed E-state index contributed by atoms with van der Waals surface area (Å²) < 4.78 is 8.05. The number of hydrogen-bond acceptors (Lipinski definition) is 6. The van der Waals surface area contributed by atoms with Gasteiger partial charge in [-0.25, -0.2) is 9.78 Å². The van der Waals surface area contributed by atoms with Gasteiger partial charge in [0.2, 0.25) is 5.43 Å². The molecule has 0 aromatic carbocycles. The summed E-state index contributed by atoms with van der Waals surface area (Å²) in [6, 6.07) is 0. The number of nitrogens with zero attached hydrogens (tertiary/aromatic N) is 2. The fourth-order valence-electron chi connectivity index (χ4n) is 1.72. The predicted octanol–water partition coefficient (Wildman–Crippen LogP) is 2.38. The molecule has 0 fully saturated rings. The summed E-state index contributed by atoms with van der Waals surface area (Å²) in [6.45, 7) is 4.55. The number of carbonyl (C=O) groups excluding carboxylic acids is 1. The third kappa shape index (κ3) is 2.52. The van der Waals surface area contributed by atoms with E-state index in [2.05, 4.69) is 4.98 Å². The molecular weight excluding hydrogens is 284 g/mol. The van der Waals surface area contributed by atoms with E-state index < -0.39 is 5.97 Å². The Morgan fingerprint density at radius 3 is 2.84 bits per heavy atom. The van der Waals surface area contributed by atoms with Crippen molar-refractivity contribution in [2.24, 2.45) is 0 Å². The summed E-state index contributed by atoms with van der Waals surface area (Å²) in [5, 5.41) is 0. The normalized spacial score (nSPS) is 10.9. The SMILES string of the molecule is CCOC(=O)c1cn(CC)c2nc(SC)sc2c1=O. The molecule has 7 heteroatoms. The van der Waals surface area contributed by atoms with E-state index in [4.69, 9.17) is 4.74 Å². The number of thioether (sulfide) groups is 1. The molecule has 0 bridgehead atoms. The summed E-state index contributed by atoms with van der Waals surface area (Å²) in [4.78, 5) is 28.5. The van der Waals surface area contributed by atoms with E-state index in [1.807, 2.05) is 13.2 Å². The highest BCUT2D eigenvalue weighted by Gasteiger charge is 2.19. The molecule has 0 aliphatic carbocycles. The highest BCUT2D eigenvalue weighted by Crippen LogP contribution is 2.26. The third-order valence-electron chi connectivity index (χ3n) is 2.61. The van der Waals surface area contributed by atoms with E-state index in [0.29, 0.717) is 16.9 Å². The molecule has 102 valence electrons. The van der Waals surface area contributed by atoms with Crippen LogP contribution in [0, 0.1) is 0 Å². The molecule has 0 spiro atoms. The van der Waals surface area contributed by atoms with Crippen molar-refractivity contribution in [3.8, 4) is 0 Å². The quantitative estimate of drug-likeness (QED) is 0.640. The second kappa shape index (κ2) is 5.75. The van der Waals surface area contributed by atoms with Crippen LogP contribution in [0.4, 0.5) is 0 Å². The highest BCUT2D eigenvalue weighted by molar-refractivity contribution is 8.00. The number of esters is 1. The van der Waals surface area contributed by atoms with Gasteiger partial charge in [-0.1, -0.05) is 11.8 Å². The predicted molar refractivity (Wildman–Crippen MR) is 77.3 cm³/mol. The van der Waals surface area contributed by atoms with Crippen LogP contribution >= 0.6 is 23.1 Å². The van der Waals surface area contributed by atoms with Gasteiger partial charge in [-0.15, -0.1) is 11.3 Å². The molecule has 2 heterocycles. The van der Waals surface area contributed by atoms with Gasteiger partial charge in [0.05, 0.1) is 6.61 Å². The minimum atomic E-state index is -0.573. The zero-order valence-corrected chi connectivity index (χ0v) is 12.6. The van der Waals surface area contributed by atoms with Crippen molar-refractivity contribution in [1.29, 1.82) is 0 Å². The molecule has 0 unspecified atom stereocenters. The molecule has 0 aliphatic heterocycles. The van der Waals surface area contributed by atoms with Crippen molar-refractivity contribution in [3.63, 3.8) is 0 Å². The Hall–Kier alpha value is -1.34. The van der Waals surface area contributed by atoms with E-state index in [-0.39, 0.29) is 17.6 Å². The zero-order chi connectivity index (χ0) is 14.0. The summed E-state index contributed by atoms with van der Waals surface area (Å²) in [7, 11) is 0. The monoisotopic (exact) mass is 298 g/mol. The number of pyridine rings is 1. The first kappa shape index (κ1) is 14.1. The van der Waals surface area contributed by atoms with Crippen molar-refractivity contribution in [3.05, 3.63) is 22.0 Å². The van der Waals surface area contributed by atoms with Gasteiger partial charge in [0.1, 0.15) is 10.3 Å². The van der Waals surface area contributed by atoms with E-state index in [9.17, 15) is 9.59 Å². The Morgan fingerprint density at radius 2 is 2.26 bits per heavy atom. The van der Waals surface area contributed by atoms with Crippen LogP contribution < -0.4 is 5.43 Å². The number of rotatable bonds is 4. The maximum absolute atomic E-state index is 12.3. The molecule has 0 aliphatic rings. The molecule has 2 aromatic rings. The largest absolute Gasteiger partial charge is 0.462 e. The smallest absolute Gasteiger partial charge is 0.343 e. The molecule has 0 radical (unpaired) electrons. The van der Waals surface area contributed by atoms with E-state index in [0.717, 1.165) is 4.34 Å². The van der Waals surface area contributed by atoms with Crippen LogP contribution in [0.2, 0.25) is 0 Å². The maximum Gasteiger partial charge on any atom is 0.343 e. The van der Waals surface area contributed by atoms with Crippen molar-refractivity contribution in [1.82, 2.24) is 9.55 Å². The summed E-state index contributed by atoms with van der Waals surface area (Å²) >= 11 is 2.80. The molecular formula is C12H14N2O3S2. The molecule has 19 heavy (non-hydrogen) atoms. The Labute approximate surface area is 118 Å². The van der Waals surface area contributed by atoms with Crippen molar-refractivity contribution >= 4 is 39.4 Å². The van der Waals surface area contributed by atoms with Gasteiger partial charge in [-0.05, 0) is 20.1 Å². The van der Waals surface area contributed by atoms with E-state index in [1.165, 1.54) is 29.3 Å². The third-order valence-corrected chi connectivity index (χ3v) is 4.64. The number of thiazole rings is 1. The van der Waals surface area contributed by atoms with Crippen LogP contribution in [0.3, 0.4) is 0 Å². The lowest BCUT2D eigenvalue weighted by Gasteiger charge is -2.07. The highest BCUT2D eigenvalue weighted by atomic mass is 32.2. The van der Waals surface area contributed by atoms with Crippen LogP contribution in [-0.2, 0) is 11.3 Å². The average molecular weight is 298 g/mol. The molecule has 0 amide bonds. The van der Waals surface area contributed by atoms with Crippen LogP contribution in [0.1, 0.15) is 24.2 Å². The van der Waals surface area contributed by atoms with Crippen molar-refractivity contribution < 1.29 is 9.53 Å². The number of carbonyl (C=O) groups is 1. The summed E-state index contributed by atoms with van der Waals surface area (Å²) in [6.07, 6.45) is 3.44. The summed E-state index contributed by atoms with van der Waals surface area (Å²) in [5.41, 5.74) is 0.415. The van der Waals surface area contributed by atoms with Crippen LogP contribution in [0.25, 0.3) is 10.3 Å². The molecule has 0 atom stereocenters. The first-order valence-electron chi connectivity index (χ1n) is 5.87. The Balaban J connectivity index is 2.70. The zero-order valence-electron chi connectivity index (χ0n) is 10.9. The number of fused-ring (bicyclic) bond motifs is 1. The first-order valence-corrected chi connectivity index (χ1v) is 7.91. The number of aryl methyl sites for hydroxylation is 1. The summed E-state index contributed by atoms with van der Waals surface area (Å²) in [5.74, 6) is -0.573. The molecule has 5 nitrogen and oxygen atoms in total. The lowest BCUT2D eigenvalue weighted by atomic mass is 10.2. The Kier molecular flexibility index (Phi) is 4.26. The van der Waals surface area contributed by atoms with Gasteiger partial charge in [-0.3, -0.25) is 4.79 Å². The second-order valence-electron chi connectivity index (χ2n) is 3.72. The van der Waals surface area contributed by atoms with Crippen molar-refractivity contribution in [2.75, 3.05) is 12.9 Å². The van der Waals surface area contributed by atoms with Gasteiger partial charge in [0.25, 0.3) is 0 Å². The number of ether oxygens (including phenoxy) is 1. The van der Waals surface area contributed by atoms with Gasteiger partial charge >= 0.3 is 5.97 Å². The standard InChI is InChI=1S/C12H14N2O3S2/c1-4-14-6-7(11(16)17-5-2)8(15)9-10(14)13-12(18-3)19-9/h6H,4-5H2,1-3H3. The van der Waals surface area contributed by atoms with Crippen LogP contribution in [0.15, 0.2) is 15.3 Å². The molecule has 2 rings (SSSR count). The maximum atomic E-state index is 12.3. The van der Waals surface area contributed by atoms with Gasteiger partial charge in [0, 0.05) is 12.7 Å². The van der Waals surface area contributed by atoms with Gasteiger partial charge in [-0.2, -0.15) is 0 Å². The first-order chi connectivity index (χ1) is 9.12. The lowest BCUT2D eigenvalue weighted by molar-refractivity contribution is 0.0524. The average Bonchev–Trinajstić information content (AvgIpc) is 2.84. The topological polar surface area (TPSA) is 61.2 Å². The molecule has 0 saturated heterocycles. The fourth-order valence-corrected chi connectivity index (χ4v) is 3.24. The van der Waals surface area contributed by atoms with Gasteiger partial charge in [0.15, 0.2) is 9.99 Å². The number of hydrogen-bond donors (Lipinski definition) is 0. The lowest BCUT2D eigenvalue weighted by Crippen LogP contribution is -2.20. The van der Waals surface area contributed by atoms with E-state index in [1.54, 1.807) is 11.5 Å². The van der Waals surface area contributed by atoms with E-state index >= 15 is 0 Å². The van der Waals surface area contributed by atoms with Gasteiger partial charge < -0.3 is 9.30 Å². The van der Waals surface area contributed by atoms with Crippen LogP contribution in [-0.4, -0.2) is 28.4 Å². The minimum absolute atomic E-state index is 0.0764. The Morgan fingerprint density at radius 1 is 1.53 bits per heavy atom. The number of aromatic nitrogens is 2. The molecule has 0 saturated carbocycles. The molecule has 2 aromatic heterocycles. The Bertz CT molecular complexity index is 675. The van der Waals surface area contributed by atoms with Crippen LogP contribution in [0.5, 0.6) is 0 Å². The van der Waals surface area contributed by atoms with Crippen molar-refractivity contribution in [2.45, 2.75) is 24.7 Å².